The molecule has 0 aliphatic heterocycles. The summed E-state index contributed by atoms with van der Waals surface area (Å²) in [6.07, 6.45) is 0. The Morgan fingerprint density at radius 3 is 2.50 bits per heavy atom. The van der Waals surface area contributed by atoms with E-state index < -0.39 is 0 Å². The van der Waals surface area contributed by atoms with Crippen LogP contribution in [0, 0.1) is 6.92 Å². The zero-order valence-corrected chi connectivity index (χ0v) is 9.90. The zero-order valence-electron chi connectivity index (χ0n) is 9.09. The maximum absolute atomic E-state index is 4.66. The third-order valence-electron chi connectivity index (χ3n) is 2.25. The first-order valence-corrected chi connectivity index (χ1v) is 5.67. The summed E-state index contributed by atoms with van der Waals surface area (Å²) < 4.78 is 1.33. The van der Waals surface area contributed by atoms with E-state index >= 15 is 0 Å². The number of aryl methyl sites for hydroxylation is 1. The molecule has 0 saturated carbocycles. The van der Waals surface area contributed by atoms with Crippen LogP contribution < -0.4 is 0 Å². The molecular weight excluding hydrogens is 190 g/mol. The number of thiazole rings is 1. The van der Waals surface area contributed by atoms with E-state index in [-0.39, 0.29) is 5.41 Å². The minimum Gasteiger partial charge on any atom is -0.241 e. The largest absolute Gasteiger partial charge is 0.241 e. The molecule has 2 rings (SSSR count). The van der Waals surface area contributed by atoms with Gasteiger partial charge in [0.2, 0.25) is 0 Å². The molecule has 1 aromatic carbocycles. The Balaban J connectivity index is 2.69. The molecule has 1 heterocycles. The molecule has 2 heteroatoms. The molecule has 0 atom stereocenters. The summed E-state index contributed by atoms with van der Waals surface area (Å²) in [6, 6.07) is 6.31. The van der Waals surface area contributed by atoms with Crippen LogP contribution in [0.1, 0.15) is 31.3 Å². The molecule has 2 aromatic rings. The predicted octanol–water partition coefficient (Wildman–Crippen LogP) is 3.90. The number of hydrogen-bond donors (Lipinski definition) is 0. The van der Waals surface area contributed by atoms with Crippen molar-refractivity contribution in [3.05, 3.63) is 28.8 Å². The van der Waals surface area contributed by atoms with Crippen molar-refractivity contribution in [1.29, 1.82) is 0 Å². The van der Waals surface area contributed by atoms with Gasteiger partial charge in [-0.25, -0.2) is 4.98 Å². The van der Waals surface area contributed by atoms with Crippen LogP contribution in [0.3, 0.4) is 0 Å². The molecule has 0 aliphatic carbocycles. The summed E-state index contributed by atoms with van der Waals surface area (Å²) in [7, 11) is 0. The second-order valence-corrected chi connectivity index (χ2v) is 5.69. The van der Waals surface area contributed by atoms with E-state index in [1.165, 1.54) is 15.3 Å². The summed E-state index contributed by atoms with van der Waals surface area (Å²) >= 11 is 1.82. The maximum atomic E-state index is 4.66. The van der Waals surface area contributed by atoms with Crippen molar-refractivity contribution >= 4 is 21.6 Å². The van der Waals surface area contributed by atoms with E-state index in [1.54, 1.807) is 0 Å². The van der Waals surface area contributed by atoms with Gasteiger partial charge in [-0.2, -0.15) is 0 Å². The summed E-state index contributed by atoms with van der Waals surface area (Å²) in [5.74, 6) is 0. The minimum absolute atomic E-state index is 0.163. The third kappa shape index (κ3) is 1.55. The van der Waals surface area contributed by atoms with Crippen molar-refractivity contribution in [2.75, 3.05) is 0 Å². The first kappa shape index (κ1) is 9.66. The van der Waals surface area contributed by atoms with Gasteiger partial charge in [0, 0.05) is 5.41 Å². The first-order valence-electron chi connectivity index (χ1n) is 4.85. The summed E-state index contributed by atoms with van der Waals surface area (Å²) in [5.41, 5.74) is 2.63. The third-order valence-corrected chi connectivity index (χ3v) is 3.89. The van der Waals surface area contributed by atoms with Crippen LogP contribution in [0.4, 0.5) is 0 Å². The van der Waals surface area contributed by atoms with Gasteiger partial charge in [-0.05, 0) is 18.6 Å². The van der Waals surface area contributed by atoms with Gasteiger partial charge in [-0.1, -0.05) is 32.9 Å². The van der Waals surface area contributed by atoms with Crippen molar-refractivity contribution in [2.45, 2.75) is 33.1 Å². The Kier molecular flexibility index (Phi) is 2.11. The van der Waals surface area contributed by atoms with Crippen LogP contribution in [0.25, 0.3) is 10.2 Å². The lowest BCUT2D eigenvalue weighted by atomic mass is 9.98. The predicted molar refractivity (Wildman–Crippen MR) is 63.1 cm³/mol. The fraction of sp³-hybridized carbons (Fsp3) is 0.417. The van der Waals surface area contributed by atoms with Gasteiger partial charge in [0.15, 0.2) is 0 Å². The first-order chi connectivity index (χ1) is 6.48. The van der Waals surface area contributed by atoms with Crippen molar-refractivity contribution in [3.63, 3.8) is 0 Å². The standard InChI is InChI=1S/C12H15NS/c1-8-6-5-7-9-10(8)14-11(13-9)12(2,3)4/h5-7H,1-4H3. The molecular formula is C12H15NS. The number of nitrogens with zero attached hydrogens (tertiary/aromatic N) is 1. The molecule has 1 nitrogen and oxygen atoms in total. The summed E-state index contributed by atoms with van der Waals surface area (Å²) in [6.45, 7) is 8.77. The highest BCUT2D eigenvalue weighted by Gasteiger charge is 2.18. The molecule has 0 spiro atoms. The van der Waals surface area contributed by atoms with E-state index in [1.807, 2.05) is 11.3 Å². The fourth-order valence-corrected chi connectivity index (χ4v) is 2.50. The fourth-order valence-electron chi connectivity index (χ4n) is 1.41. The average Bonchev–Trinajstić information content (AvgIpc) is 2.48. The quantitative estimate of drug-likeness (QED) is 0.635. The van der Waals surface area contributed by atoms with Crippen molar-refractivity contribution in [2.24, 2.45) is 0 Å². The Bertz CT molecular complexity index is 463. The number of rotatable bonds is 0. The Labute approximate surface area is 88.8 Å². The second kappa shape index (κ2) is 3.06. The normalized spacial score (nSPS) is 12.3. The van der Waals surface area contributed by atoms with Gasteiger partial charge in [0.25, 0.3) is 0 Å². The Hall–Kier alpha value is -0.890. The summed E-state index contributed by atoms with van der Waals surface area (Å²) in [4.78, 5) is 4.66. The highest BCUT2D eigenvalue weighted by molar-refractivity contribution is 7.18. The lowest BCUT2D eigenvalue weighted by Gasteiger charge is -2.13. The molecule has 0 unspecified atom stereocenters. The van der Waals surface area contributed by atoms with Gasteiger partial charge in [0.1, 0.15) is 0 Å². The minimum atomic E-state index is 0.163. The van der Waals surface area contributed by atoms with E-state index in [2.05, 4.69) is 50.9 Å². The van der Waals surface area contributed by atoms with Crippen LogP contribution >= 0.6 is 11.3 Å². The van der Waals surface area contributed by atoms with Gasteiger partial charge in [-0.15, -0.1) is 11.3 Å². The molecule has 1 aromatic heterocycles. The van der Waals surface area contributed by atoms with Crippen LogP contribution in [0.2, 0.25) is 0 Å². The summed E-state index contributed by atoms with van der Waals surface area (Å²) in [5, 5.41) is 1.22. The van der Waals surface area contributed by atoms with Crippen molar-refractivity contribution in [3.8, 4) is 0 Å². The average molecular weight is 205 g/mol. The Morgan fingerprint density at radius 1 is 1.21 bits per heavy atom. The lowest BCUT2D eigenvalue weighted by molar-refractivity contribution is 0.587. The van der Waals surface area contributed by atoms with Gasteiger partial charge in [0.05, 0.1) is 15.2 Å². The maximum Gasteiger partial charge on any atom is 0.0992 e. The van der Waals surface area contributed by atoms with Crippen molar-refractivity contribution < 1.29 is 0 Å². The van der Waals surface area contributed by atoms with E-state index in [9.17, 15) is 0 Å². The molecule has 0 saturated heterocycles. The van der Waals surface area contributed by atoms with Crippen LogP contribution in [0.5, 0.6) is 0 Å². The number of aromatic nitrogens is 1. The highest BCUT2D eigenvalue weighted by atomic mass is 32.1. The van der Waals surface area contributed by atoms with Gasteiger partial charge < -0.3 is 0 Å². The van der Waals surface area contributed by atoms with Gasteiger partial charge >= 0.3 is 0 Å². The van der Waals surface area contributed by atoms with Crippen molar-refractivity contribution in [1.82, 2.24) is 4.98 Å². The van der Waals surface area contributed by atoms with E-state index in [4.69, 9.17) is 0 Å². The zero-order chi connectivity index (χ0) is 10.3. The Morgan fingerprint density at radius 2 is 1.93 bits per heavy atom. The number of fused-ring (bicyclic) bond motifs is 1. The molecule has 14 heavy (non-hydrogen) atoms. The molecule has 0 radical (unpaired) electrons. The monoisotopic (exact) mass is 205 g/mol. The molecule has 74 valence electrons. The molecule has 0 amide bonds. The second-order valence-electron chi connectivity index (χ2n) is 4.69. The van der Waals surface area contributed by atoms with Crippen LogP contribution in [0.15, 0.2) is 18.2 Å². The smallest absolute Gasteiger partial charge is 0.0992 e. The SMILES string of the molecule is Cc1cccc2nc(C(C)(C)C)sc12. The molecule has 0 bridgehead atoms. The van der Waals surface area contributed by atoms with Crippen LogP contribution in [-0.4, -0.2) is 4.98 Å². The van der Waals surface area contributed by atoms with E-state index in [0.29, 0.717) is 0 Å². The topological polar surface area (TPSA) is 12.9 Å². The highest BCUT2D eigenvalue weighted by Crippen LogP contribution is 2.32. The molecule has 0 aliphatic rings. The van der Waals surface area contributed by atoms with Crippen LogP contribution in [-0.2, 0) is 5.41 Å². The molecule has 0 N–H and O–H groups in total. The molecule has 0 fully saturated rings. The van der Waals surface area contributed by atoms with E-state index in [0.717, 1.165) is 5.52 Å². The number of hydrogen-bond acceptors (Lipinski definition) is 2. The van der Waals surface area contributed by atoms with Gasteiger partial charge in [-0.3, -0.25) is 0 Å². The lowest BCUT2D eigenvalue weighted by Crippen LogP contribution is -2.09. The number of benzene rings is 1.